The van der Waals surface area contributed by atoms with Crippen LogP contribution in [0.2, 0.25) is 5.02 Å². The maximum absolute atomic E-state index is 12.7. The smallest absolute Gasteiger partial charge is 0.243 e. The van der Waals surface area contributed by atoms with Gasteiger partial charge in [0.25, 0.3) is 0 Å². The van der Waals surface area contributed by atoms with Crippen LogP contribution in [0.25, 0.3) is 0 Å². The lowest BCUT2D eigenvalue weighted by Gasteiger charge is -2.20. The van der Waals surface area contributed by atoms with E-state index >= 15 is 0 Å². The van der Waals surface area contributed by atoms with E-state index in [0.717, 1.165) is 19.3 Å². The van der Waals surface area contributed by atoms with Crippen LogP contribution in [0, 0.1) is 5.92 Å². The van der Waals surface area contributed by atoms with Gasteiger partial charge in [-0.15, -0.1) is 0 Å². The second-order valence-corrected chi connectivity index (χ2v) is 8.23. The highest BCUT2D eigenvalue weighted by Gasteiger charge is 2.27. The Morgan fingerprint density at radius 2 is 2.10 bits per heavy atom. The highest BCUT2D eigenvalue weighted by atomic mass is 35.5. The lowest BCUT2D eigenvalue weighted by molar-refractivity contribution is 0.417. The summed E-state index contributed by atoms with van der Waals surface area (Å²) in [4.78, 5) is 0.356. The molecule has 2 N–H and O–H groups in total. The summed E-state index contributed by atoms with van der Waals surface area (Å²) in [5.41, 5.74) is 6.04. The third-order valence-electron chi connectivity index (χ3n) is 3.82. The molecule has 0 bridgehead atoms. The first kappa shape index (κ1) is 16.7. The van der Waals surface area contributed by atoms with Crippen LogP contribution in [0.5, 0.6) is 0 Å². The number of thiocarbonyl (C=S) groups is 1. The Balaban J connectivity index is 2.31. The summed E-state index contributed by atoms with van der Waals surface area (Å²) in [7, 11) is -3.51. The molecule has 116 valence electrons. The molecule has 0 saturated carbocycles. The summed E-state index contributed by atoms with van der Waals surface area (Å²) in [5, 5.41) is 0.270. The fourth-order valence-corrected chi connectivity index (χ4v) is 4.58. The number of nitrogens with zero attached hydrogens (tertiary/aromatic N) is 1. The SMILES string of the molecule is CC1CCCN(S(=O)(=O)c2ccc(C(N)=S)c(Cl)c2)CC1. The van der Waals surface area contributed by atoms with Gasteiger partial charge in [-0.3, -0.25) is 0 Å². The largest absolute Gasteiger partial charge is 0.389 e. The summed E-state index contributed by atoms with van der Waals surface area (Å²) in [6.07, 6.45) is 2.84. The first-order valence-corrected chi connectivity index (χ1v) is 9.14. The van der Waals surface area contributed by atoms with E-state index < -0.39 is 10.0 Å². The maximum atomic E-state index is 12.7. The fraction of sp³-hybridized carbons (Fsp3) is 0.500. The van der Waals surface area contributed by atoms with Crippen molar-refractivity contribution in [3.63, 3.8) is 0 Å². The first-order chi connectivity index (χ1) is 9.82. The summed E-state index contributed by atoms with van der Waals surface area (Å²) < 4.78 is 26.9. The van der Waals surface area contributed by atoms with E-state index in [2.05, 4.69) is 6.92 Å². The van der Waals surface area contributed by atoms with Crippen LogP contribution < -0.4 is 5.73 Å². The van der Waals surface area contributed by atoms with Gasteiger partial charge in [0.15, 0.2) is 0 Å². The van der Waals surface area contributed by atoms with Gasteiger partial charge in [0, 0.05) is 18.7 Å². The Kier molecular flexibility index (Phi) is 5.24. The molecule has 1 unspecified atom stereocenters. The molecular weight excluding hydrogens is 328 g/mol. The summed E-state index contributed by atoms with van der Waals surface area (Å²) in [6, 6.07) is 4.52. The van der Waals surface area contributed by atoms with Gasteiger partial charge >= 0.3 is 0 Å². The maximum Gasteiger partial charge on any atom is 0.243 e. The molecule has 0 spiro atoms. The third-order valence-corrected chi connectivity index (χ3v) is 6.25. The molecule has 2 rings (SSSR count). The van der Waals surface area contributed by atoms with Crippen LogP contribution in [-0.2, 0) is 10.0 Å². The normalized spacial score (nSPS) is 21.0. The van der Waals surface area contributed by atoms with E-state index in [-0.39, 0.29) is 14.9 Å². The van der Waals surface area contributed by atoms with E-state index in [1.54, 1.807) is 10.4 Å². The molecule has 1 heterocycles. The van der Waals surface area contributed by atoms with E-state index in [1.807, 2.05) is 0 Å². The number of rotatable bonds is 3. The molecule has 1 aliphatic rings. The van der Waals surface area contributed by atoms with Gasteiger partial charge in [-0.1, -0.05) is 30.7 Å². The van der Waals surface area contributed by atoms with Gasteiger partial charge in [0.1, 0.15) is 4.99 Å². The molecule has 21 heavy (non-hydrogen) atoms. The van der Waals surface area contributed by atoms with Gasteiger partial charge < -0.3 is 5.73 Å². The molecule has 1 aromatic carbocycles. The van der Waals surface area contributed by atoms with Crippen LogP contribution >= 0.6 is 23.8 Å². The number of benzene rings is 1. The van der Waals surface area contributed by atoms with Crippen molar-refractivity contribution in [2.75, 3.05) is 13.1 Å². The molecule has 1 aliphatic heterocycles. The molecule has 1 fully saturated rings. The summed E-state index contributed by atoms with van der Waals surface area (Å²) in [5.74, 6) is 0.561. The van der Waals surface area contributed by atoms with Crippen molar-refractivity contribution in [3.05, 3.63) is 28.8 Å². The van der Waals surface area contributed by atoms with Gasteiger partial charge in [-0.05, 0) is 43.4 Å². The highest BCUT2D eigenvalue weighted by molar-refractivity contribution is 7.89. The quantitative estimate of drug-likeness (QED) is 0.855. The van der Waals surface area contributed by atoms with Crippen LogP contribution in [0.3, 0.4) is 0 Å². The van der Waals surface area contributed by atoms with Crippen molar-refractivity contribution < 1.29 is 8.42 Å². The molecule has 1 saturated heterocycles. The predicted octanol–water partition coefficient (Wildman–Crippen LogP) is 2.78. The van der Waals surface area contributed by atoms with E-state index in [0.29, 0.717) is 24.6 Å². The van der Waals surface area contributed by atoms with Gasteiger partial charge in [0.2, 0.25) is 10.0 Å². The second-order valence-electron chi connectivity index (χ2n) is 5.45. The van der Waals surface area contributed by atoms with E-state index in [9.17, 15) is 8.42 Å². The Morgan fingerprint density at radius 3 is 2.71 bits per heavy atom. The average molecular weight is 347 g/mol. The summed E-state index contributed by atoms with van der Waals surface area (Å²) >= 11 is 11.0. The highest BCUT2D eigenvalue weighted by Crippen LogP contribution is 2.26. The molecule has 0 aromatic heterocycles. The fourth-order valence-electron chi connectivity index (χ4n) is 2.48. The van der Waals surface area contributed by atoms with Crippen LogP contribution in [0.1, 0.15) is 31.7 Å². The van der Waals surface area contributed by atoms with Crippen molar-refractivity contribution in [1.29, 1.82) is 0 Å². The van der Waals surface area contributed by atoms with E-state index in [4.69, 9.17) is 29.6 Å². The topological polar surface area (TPSA) is 63.4 Å². The van der Waals surface area contributed by atoms with Crippen LogP contribution in [0.4, 0.5) is 0 Å². The van der Waals surface area contributed by atoms with Crippen molar-refractivity contribution in [3.8, 4) is 0 Å². The standard InChI is InChI=1S/C14H19ClN2O2S2/c1-10-3-2-7-17(8-6-10)21(18,19)11-4-5-12(14(16)20)13(15)9-11/h4-5,9-10H,2-3,6-8H2,1H3,(H2,16,20). The monoisotopic (exact) mass is 346 g/mol. The Bertz CT molecular complexity index is 646. The zero-order valence-electron chi connectivity index (χ0n) is 11.9. The van der Waals surface area contributed by atoms with Crippen molar-refractivity contribution >= 4 is 38.8 Å². The number of hydrogen-bond donors (Lipinski definition) is 1. The Labute approximate surface area is 136 Å². The van der Waals surface area contributed by atoms with Gasteiger partial charge in [0.05, 0.1) is 9.92 Å². The molecule has 0 aliphatic carbocycles. The lowest BCUT2D eigenvalue weighted by atomic mass is 10.0. The lowest BCUT2D eigenvalue weighted by Crippen LogP contribution is -2.32. The van der Waals surface area contributed by atoms with E-state index in [1.165, 1.54) is 12.1 Å². The number of hydrogen-bond acceptors (Lipinski definition) is 3. The number of halogens is 1. The zero-order valence-corrected chi connectivity index (χ0v) is 14.3. The minimum atomic E-state index is -3.51. The van der Waals surface area contributed by atoms with Crippen molar-refractivity contribution in [1.82, 2.24) is 4.31 Å². The molecular formula is C14H19ClN2O2S2. The number of sulfonamides is 1. The molecule has 1 aromatic rings. The number of nitrogens with two attached hydrogens (primary N) is 1. The predicted molar refractivity (Wildman–Crippen MR) is 89.1 cm³/mol. The Hall–Kier alpha value is -0.690. The molecule has 0 radical (unpaired) electrons. The summed E-state index contributed by atoms with van der Waals surface area (Å²) in [6.45, 7) is 3.27. The van der Waals surface area contributed by atoms with Crippen molar-refractivity contribution in [2.24, 2.45) is 11.7 Å². The Morgan fingerprint density at radius 1 is 1.38 bits per heavy atom. The molecule has 1 atom stereocenters. The third kappa shape index (κ3) is 3.74. The van der Waals surface area contributed by atoms with Gasteiger partial charge in [-0.2, -0.15) is 4.31 Å². The molecule has 4 nitrogen and oxygen atoms in total. The van der Waals surface area contributed by atoms with Crippen LogP contribution in [0.15, 0.2) is 23.1 Å². The first-order valence-electron chi connectivity index (χ1n) is 6.92. The zero-order chi connectivity index (χ0) is 15.6. The van der Waals surface area contributed by atoms with Crippen molar-refractivity contribution in [2.45, 2.75) is 31.1 Å². The molecule has 0 amide bonds. The minimum absolute atomic E-state index is 0.160. The molecule has 7 heteroatoms. The average Bonchev–Trinajstić information content (AvgIpc) is 2.63. The second kappa shape index (κ2) is 6.60. The minimum Gasteiger partial charge on any atom is -0.389 e. The van der Waals surface area contributed by atoms with Crippen LogP contribution in [-0.4, -0.2) is 30.8 Å². The van der Waals surface area contributed by atoms with Gasteiger partial charge in [-0.25, -0.2) is 8.42 Å².